The maximum atomic E-state index is 14.3. The number of carbonyl (C=O) groups excluding carboxylic acids is 2. The summed E-state index contributed by atoms with van der Waals surface area (Å²) in [7, 11) is 1.61. The zero-order valence-corrected chi connectivity index (χ0v) is 24.8. The number of amides is 1. The molecule has 226 valence electrons. The van der Waals surface area contributed by atoms with Crippen LogP contribution in [0.3, 0.4) is 0 Å². The molecule has 0 unspecified atom stereocenters. The first kappa shape index (κ1) is 29.9. The minimum Gasteiger partial charge on any atom is -0.461 e. The highest BCUT2D eigenvalue weighted by Gasteiger charge is 2.42. The lowest BCUT2D eigenvalue weighted by molar-refractivity contribution is -0.0893. The van der Waals surface area contributed by atoms with E-state index in [1.165, 1.54) is 0 Å². The van der Waals surface area contributed by atoms with Crippen molar-refractivity contribution in [3.8, 4) is 11.3 Å². The fourth-order valence-electron chi connectivity index (χ4n) is 6.39. The van der Waals surface area contributed by atoms with E-state index in [1.807, 2.05) is 46.7 Å². The van der Waals surface area contributed by atoms with Crippen LogP contribution in [0.4, 0.5) is 0 Å². The quantitative estimate of drug-likeness (QED) is 0.352. The van der Waals surface area contributed by atoms with Crippen LogP contribution in [-0.4, -0.2) is 92.8 Å². The Morgan fingerprint density at radius 1 is 1.21 bits per heavy atom. The number of aromatic nitrogens is 4. The molecule has 42 heavy (non-hydrogen) atoms. The number of imidazole rings is 1. The van der Waals surface area contributed by atoms with E-state index in [0.717, 1.165) is 36.2 Å². The predicted molar refractivity (Wildman–Crippen MR) is 157 cm³/mol. The summed E-state index contributed by atoms with van der Waals surface area (Å²) < 4.78 is 14.3. The zero-order valence-electron chi connectivity index (χ0n) is 24.8. The van der Waals surface area contributed by atoms with Gasteiger partial charge in [0.2, 0.25) is 0 Å². The van der Waals surface area contributed by atoms with Gasteiger partial charge in [-0.15, -0.1) is 0 Å². The van der Waals surface area contributed by atoms with Crippen LogP contribution in [-0.2, 0) is 16.0 Å². The summed E-state index contributed by atoms with van der Waals surface area (Å²) in [5.74, 6) is -0.565. The maximum absolute atomic E-state index is 14.3. The summed E-state index contributed by atoms with van der Waals surface area (Å²) in [4.78, 5) is 33.1. The first-order chi connectivity index (χ1) is 20.4. The van der Waals surface area contributed by atoms with Crippen molar-refractivity contribution in [2.24, 2.45) is 0 Å². The van der Waals surface area contributed by atoms with Crippen LogP contribution in [0.5, 0.6) is 0 Å². The molecule has 0 spiro atoms. The van der Waals surface area contributed by atoms with Crippen molar-refractivity contribution in [3.05, 3.63) is 59.8 Å². The number of hydrogen-bond donors (Lipinski definition) is 2. The second-order valence-corrected chi connectivity index (χ2v) is 11.3. The molecular weight excluding hydrogens is 536 g/mol. The summed E-state index contributed by atoms with van der Waals surface area (Å²) in [6, 6.07) is 11.2. The van der Waals surface area contributed by atoms with Gasteiger partial charge in [0.15, 0.2) is 11.4 Å². The van der Waals surface area contributed by atoms with E-state index in [2.05, 4.69) is 10.4 Å². The van der Waals surface area contributed by atoms with Crippen molar-refractivity contribution in [1.29, 1.82) is 0 Å². The average Bonchev–Trinajstić information content (AvgIpc) is 3.60. The van der Waals surface area contributed by atoms with Crippen molar-refractivity contribution in [1.82, 2.24) is 29.5 Å². The molecule has 2 aliphatic rings. The molecule has 0 bridgehead atoms. The van der Waals surface area contributed by atoms with Gasteiger partial charge in [-0.3, -0.25) is 9.48 Å². The van der Waals surface area contributed by atoms with E-state index in [9.17, 15) is 14.7 Å². The van der Waals surface area contributed by atoms with Crippen LogP contribution in [0.25, 0.3) is 11.3 Å². The topological polar surface area (TPSA) is 124 Å². The number of aryl methyl sites for hydroxylation is 2. The highest BCUT2D eigenvalue weighted by molar-refractivity contribution is 5.98. The second-order valence-electron chi connectivity index (χ2n) is 11.3. The molecule has 3 aromatic rings. The Morgan fingerprint density at radius 2 is 2.02 bits per heavy atom. The van der Waals surface area contributed by atoms with E-state index >= 15 is 0 Å². The molecule has 1 saturated heterocycles. The largest absolute Gasteiger partial charge is 0.461 e. The lowest BCUT2D eigenvalue weighted by atomic mass is 9.80. The molecule has 3 atom stereocenters. The van der Waals surface area contributed by atoms with Crippen molar-refractivity contribution < 1.29 is 24.2 Å². The minimum absolute atomic E-state index is 0.0882. The summed E-state index contributed by atoms with van der Waals surface area (Å²) >= 11 is 0. The third-order valence-electron chi connectivity index (χ3n) is 8.48. The zero-order chi connectivity index (χ0) is 29.7. The van der Waals surface area contributed by atoms with Crippen LogP contribution in [0.15, 0.2) is 42.7 Å². The maximum Gasteiger partial charge on any atom is 0.358 e. The number of nitrogens with one attached hydrogen (secondary N) is 1. The number of rotatable bonds is 10. The molecule has 3 heterocycles. The SMILES string of the molecule is CCOC(=O)c1cc(C)n(CC[C@@H]2CNCCN2C(=O)c2ncn([C@@H]3CCCC[C@@]3(O)COC)c2-c2ccccc2)n1. The van der Waals surface area contributed by atoms with Gasteiger partial charge in [0.1, 0.15) is 5.60 Å². The van der Waals surface area contributed by atoms with Gasteiger partial charge in [-0.2, -0.15) is 5.10 Å². The normalized spacial score (nSPS) is 22.7. The molecule has 11 nitrogen and oxygen atoms in total. The summed E-state index contributed by atoms with van der Waals surface area (Å²) in [5.41, 5.74) is 2.10. The molecule has 0 radical (unpaired) electrons. The molecule has 1 amide bonds. The summed E-state index contributed by atoms with van der Waals surface area (Å²) in [6.45, 7) is 6.63. The van der Waals surface area contributed by atoms with Crippen LogP contribution in [0, 0.1) is 6.92 Å². The number of nitrogens with zero attached hydrogens (tertiary/aromatic N) is 5. The van der Waals surface area contributed by atoms with Crippen molar-refractivity contribution in [2.75, 3.05) is 40.0 Å². The molecule has 1 saturated carbocycles. The van der Waals surface area contributed by atoms with E-state index in [1.54, 1.807) is 31.1 Å². The number of esters is 1. The highest BCUT2D eigenvalue weighted by Crippen LogP contribution is 2.41. The van der Waals surface area contributed by atoms with Crippen molar-refractivity contribution >= 4 is 11.9 Å². The molecule has 2 aromatic heterocycles. The van der Waals surface area contributed by atoms with Crippen LogP contribution in [0.2, 0.25) is 0 Å². The Kier molecular flexibility index (Phi) is 9.40. The molecule has 11 heteroatoms. The number of carbonyl (C=O) groups is 2. The van der Waals surface area contributed by atoms with Gasteiger partial charge < -0.3 is 29.4 Å². The van der Waals surface area contributed by atoms with E-state index in [-0.39, 0.29) is 24.6 Å². The Bertz CT molecular complexity index is 1370. The molecule has 2 fully saturated rings. The number of aliphatic hydroxyl groups is 1. The first-order valence-corrected chi connectivity index (χ1v) is 14.9. The monoisotopic (exact) mass is 578 g/mol. The number of benzene rings is 1. The fraction of sp³-hybridized carbons (Fsp3) is 0.548. The van der Waals surface area contributed by atoms with Crippen molar-refractivity contribution in [3.63, 3.8) is 0 Å². The van der Waals surface area contributed by atoms with Gasteiger partial charge in [-0.05, 0) is 39.2 Å². The smallest absolute Gasteiger partial charge is 0.358 e. The summed E-state index contributed by atoms with van der Waals surface area (Å²) in [6.07, 6.45) is 5.69. The molecule has 1 aliphatic heterocycles. The molecule has 2 N–H and O–H groups in total. The third-order valence-corrected chi connectivity index (χ3v) is 8.48. The Morgan fingerprint density at radius 3 is 2.79 bits per heavy atom. The van der Waals surface area contributed by atoms with E-state index in [4.69, 9.17) is 14.5 Å². The fourth-order valence-corrected chi connectivity index (χ4v) is 6.39. The molecule has 1 aromatic carbocycles. The van der Waals surface area contributed by atoms with Crippen LogP contribution < -0.4 is 5.32 Å². The Balaban J connectivity index is 1.43. The number of piperazine rings is 1. The van der Waals surface area contributed by atoms with Gasteiger partial charge in [0, 0.05) is 50.6 Å². The minimum atomic E-state index is -1.04. The van der Waals surface area contributed by atoms with E-state index in [0.29, 0.717) is 57.0 Å². The Labute approximate surface area is 246 Å². The van der Waals surface area contributed by atoms with Gasteiger partial charge in [-0.25, -0.2) is 9.78 Å². The van der Waals surface area contributed by atoms with Crippen LogP contribution >= 0.6 is 0 Å². The highest BCUT2D eigenvalue weighted by atomic mass is 16.5. The lowest BCUT2D eigenvalue weighted by Crippen LogP contribution is -2.54. The second kappa shape index (κ2) is 13.2. The molecular formula is C31H42N6O5. The first-order valence-electron chi connectivity index (χ1n) is 14.9. The van der Waals surface area contributed by atoms with Crippen LogP contribution in [0.1, 0.15) is 71.7 Å². The molecule has 5 rings (SSSR count). The standard InChI is InChI=1S/C31H42N6O5/c1-4-42-30(39)25-18-22(2)37(34-25)16-13-24-19-32-15-17-35(24)29(38)27-28(23-10-6-5-7-11-23)36(21-33-27)26-12-8-9-14-31(26,40)20-41-3/h5-7,10-11,18,21,24,26,32,40H,4,8-9,12-17,19-20H2,1-3H3/t24-,26-,31-/m1/s1. The summed E-state index contributed by atoms with van der Waals surface area (Å²) in [5, 5.41) is 19.5. The molecule has 1 aliphatic carbocycles. The Hall–Kier alpha value is -3.54. The lowest BCUT2D eigenvalue weighted by Gasteiger charge is -2.41. The van der Waals surface area contributed by atoms with Crippen molar-refractivity contribution in [2.45, 2.75) is 70.2 Å². The predicted octanol–water partition coefficient (Wildman–Crippen LogP) is 3.23. The van der Waals surface area contributed by atoms with Gasteiger partial charge >= 0.3 is 5.97 Å². The van der Waals surface area contributed by atoms with Gasteiger partial charge in [0.05, 0.1) is 31.3 Å². The number of hydrogen-bond acceptors (Lipinski definition) is 8. The average molecular weight is 579 g/mol. The van der Waals surface area contributed by atoms with Gasteiger partial charge in [-0.1, -0.05) is 43.2 Å². The van der Waals surface area contributed by atoms with Gasteiger partial charge in [0.25, 0.3) is 5.91 Å². The third kappa shape index (κ3) is 6.13. The number of methoxy groups -OCH3 is 1. The van der Waals surface area contributed by atoms with E-state index < -0.39 is 11.6 Å². The number of ether oxygens (including phenoxy) is 2.